The van der Waals surface area contributed by atoms with E-state index >= 15 is 0 Å². The van der Waals surface area contributed by atoms with Gasteiger partial charge in [0, 0.05) is 25.8 Å². The average Bonchev–Trinajstić information content (AvgIpc) is 2.34. The second-order valence-corrected chi connectivity index (χ2v) is 3.51. The first-order valence-electron chi connectivity index (χ1n) is 5.69. The average molecular weight is 224 g/mol. The van der Waals surface area contributed by atoms with E-state index in [-0.39, 0.29) is 6.61 Å². The quantitative estimate of drug-likeness (QED) is 0.608. The molecule has 0 aliphatic rings. The van der Waals surface area contributed by atoms with Gasteiger partial charge < -0.3 is 15.7 Å². The maximum Gasteiger partial charge on any atom is 0.134 e. The fourth-order valence-corrected chi connectivity index (χ4v) is 1.56. The summed E-state index contributed by atoms with van der Waals surface area (Å²) in [5.74, 6) is 1.77. The minimum atomic E-state index is 0.244. The van der Waals surface area contributed by atoms with Gasteiger partial charge in [0.2, 0.25) is 0 Å². The molecule has 0 saturated carbocycles. The largest absolute Gasteiger partial charge is 0.396 e. The molecule has 5 heteroatoms. The van der Waals surface area contributed by atoms with Gasteiger partial charge in [-0.05, 0) is 19.3 Å². The van der Waals surface area contributed by atoms with Crippen molar-refractivity contribution in [2.24, 2.45) is 0 Å². The monoisotopic (exact) mass is 224 g/mol. The molecule has 1 heterocycles. The molecule has 0 aliphatic carbocycles. The third-order valence-corrected chi connectivity index (χ3v) is 2.41. The summed E-state index contributed by atoms with van der Waals surface area (Å²) in [6.07, 6.45) is 4.20. The lowest BCUT2D eigenvalue weighted by Crippen LogP contribution is -2.09. The molecule has 90 valence electrons. The van der Waals surface area contributed by atoms with Crippen LogP contribution in [-0.4, -0.2) is 35.3 Å². The SMILES string of the molecule is CCc1c(NC)ncnc1NCCCCO. The first kappa shape index (κ1) is 12.7. The third-order valence-electron chi connectivity index (χ3n) is 2.41. The van der Waals surface area contributed by atoms with Gasteiger partial charge in [-0.15, -0.1) is 0 Å². The number of anilines is 2. The molecule has 0 saturated heterocycles. The van der Waals surface area contributed by atoms with Crippen LogP contribution in [0.15, 0.2) is 6.33 Å². The maximum absolute atomic E-state index is 8.68. The van der Waals surface area contributed by atoms with Gasteiger partial charge >= 0.3 is 0 Å². The maximum atomic E-state index is 8.68. The van der Waals surface area contributed by atoms with E-state index in [0.717, 1.165) is 43.0 Å². The minimum absolute atomic E-state index is 0.244. The second kappa shape index (κ2) is 7.00. The molecule has 3 N–H and O–H groups in total. The smallest absolute Gasteiger partial charge is 0.134 e. The van der Waals surface area contributed by atoms with E-state index in [1.54, 1.807) is 6.33 Å². The number of rotatable bonds is 7. The van der Waals surface area contributed by atoms with Gasteiger partial charge in [0.15, 0.2) is 0 Å². The van der Waals surface area contributed by atoms with Gasteiger partial charge in [-0.3, -0.25) is 0 Å². The Balaban J connectivity index is 2.63. The summed E-state index contributed by atoms with van der Waals surface area (Å²) in [4.78, 5) is 8.40. The lowest BCUT2D eigenvalue weighted by molar-refractivity contribution is 0.286. The first-order valence-corrected chi connectivity index (χ1v) is 5.69. The lowest BCUT2D eigenvalue weighted by Gasteiger charge is -2.12. The summed E-state index contributed by atoms with van der Waals surface area (Å²) in [5, 5.41) is 15.0. The van der Waals surface area contributed by atoms with Crippen molar-refractivity contribution in [1.82, 2.24) is 9.97 Å². The predicted octanol–water partition coefficient (Wildman–Crippen LogP) is 1.27. The normalized spacial score (nSPS) is 10.2. The van der Waals surface area contributed by atoms with Gasteiger partial charge in [-0.1, -0.05) is 6.92 Å². The van der Waals surface area contributed by atoms with E-state index in [2.05, 4.69) is 27.5 Å². The standard InChI is InChI=1S/C11H20N4O/c1-3-9-10(12-2)14-8-15-11(9)13-6-4-5-7-16/h8,16H,3-7H2,1-2H3,(H2,12,13,14,15). The molecular formula is C11H20N4O. The third kappa shape index (κ3) is 3.34. The first-order chi connectivity index (χ1) is 7.83. The molecule has 0 atom stereocenters. The van der Waals surface area contributed by atoms with E-state index in [4.69, 9.17) is 5.11 Å². The van der Waals surface area contributed by atoms with Crippen LogP contribution in [0.2, 0.25) is 0 Å². The topological polar surface area (TPSA) is 70.1 Å². The Kier molecular flexibility index (Phi) is 5.56. The van der Waals surface area contributed by atoms with Gasteiger partial charge in [0.25, 0.3) is 0 Å². The molecule has 0 bridgehead atoms. The summed E-state index contributed by atoms with van der Waals surface area (Å²) in [6.45, 7) is 3.15. The summed E-state index contributed by atoms with van der Waals surface area (Å²) in [5.41, 5.74) is 1.11. The Morgan fingerprint density at radius 1 is 1.25 bits per heavy atom. The van der Waals surface area contributed by atoms with Crippen LogP contribution < -0.4 is 10.6 Å². The van der Waals surface area contributed by atoms with Crippen molar-refractivity contribution in [1.29, 1.82) is 0 Å². The molecule has 1 rings (SSSR count). The molecule has 16 heavy (non-hydrogen) atoms. The number of aliphatic hydroxyl groups excluding tert-OH is 1. The highest BCUT2D eigenvalue weighted by molar-refractivity contribution is 5.56. The molecule has 0 unspecified atom stereocenters. The fourth-order valence-electron chi connectivity index (χ4n) is 1.56. The summed E-state index contributed by atoms with van der Waals surface area (Å²) >= 11 is 0. The molecule has 0 spiro atoms. The van der Waals surface area contributed by atoms with Gasteiger partial charge in [0.1, 0.15) is 18.0 Å². The highest BCUT2D eigenvalue weighted by Gasteiger charge is 2.07. The van der Waals surface area contributed by atoms with Crippen LogP contribution in [0.1, 0.15) is 25.3 Å². The van der Waals surface area contributed by atoms with Crippen molar-refractivity contribution < 1.29 is 5.11 Å². The van der Waals surface area contributed by atoms with Crippen molar-refractivity contribution in [3.8, 4) is 0 Å². The van der Waals surface area contributed by atoms with Crippen LogP contribution in [0.3, 0.4) is 0 Å². The van der Waals surface area contributed by atoms with Gasteiger partial charge in [-0.25, -0.2) is 9.97 Å². The zero-order valence-corrected chi connectivity index (χ0v) is 9.95. The molecule has 5 nitrogen and oxygen atoms in total. The number of hydrogen-bond acceptors (Lipinski definition) is 5. The van der Waals surface area contributed by atoms with Crippen molar-refractivity contribution in [2.45, 2.75) is 26.2 Å². The highest BCUT2D eigenvalue weighted by atomic mass is 16.2. The lowest BCUT2D eigenvalue weighted by atomic mass is 10.2. The zero-order valence-electron chi connectivity index (χ0n) is 9.95. The molecular weight excluding hydrogens is 204 g/mol. The number of unbranched alkanes of at least 4 members (excludes halogenated alkanes) is 1. The van der Waals surface area contributed by atoms with Crippen LogP contribution >= 0.6 is 0 Å². The summed E-state index contributed by atoms with van der Waals surface area (Å²) in [6, 6.07) is 0. The molecule has 1 aromatic heterocycles. The van der Waals surface area contributed by atoms with Crippen LogP contribution in [0.5, 0.6) is 0 Å². The minimum Gasteiger partial charge on any atom is -0.396 e. The van der Waals surface area contributed by atoms with Crippen LogP contribution in [0, 0.1) is 0 Å². The number of aliphatic hydroxyl groups is 1. The molecule has 0 aromatic carbocycles. The fraction of sp³-hybridized carbons (Fsp3) is 0.636. The van der Waals surface area contributed by atoms with E-state index in [1.807, 2.05) is 7.05 Å². The Hall–Kier alpha value is -1.36. The predicted molar refractivity (Wildman–Crippen MR) is 65.8 cm³/mol. The molecule has 0 fully saturated rings. The molecule has 1 aromatic rings. The van der Waals surface area contributed by atoms with Gasteiger partial charge in [-0.2, -0.15) is 0 Å². The number of nitrogens with zero attached hydrogens (tertiary/aromatic N) is 2. The summed E-state index contributed by atoms with van der Waals surface area (Å²) in [7, 11) is 1.86. The molecule has 0 amide bonds. The van der Waals surface area contributed by atoms with E-state index in [9.17, 15) is 0 Å². The van der Waals surface area contributed by atoms with Crippen molar-refractivity contribution in [3.63, 3.8) is 0 Å². The van der Waals surface area contributed by atoms with E-state index in [1.165, 1.54) is 0 Å². The van der Waals surface area contributed by atoms with E-state index < -0.39 is 0 Å². The Labute approximate surface area is 96.3 Å². The summed E-state index contributed by atoms with van der Waals surface area (Å²) < 4.78 is 0. The van der Waals surface area contributed by atoms with Crippen molar-refractivity contribution in [2.75, 3.05) is 30.8 Å². The van der Waals surface area contributed by atoms with Crippen molar-refractivity contribution in [3.05, 3.63) is 11.9 Å². The van der Waals surface area contributed by atoms with Crippen LogP contribution in [0.25, 0.3) is 0 Å². The van der Waals surface area contributed by atoms with Gasteiger partial charge in [0.05, 0.1) is 0 Å². The number of aromatic nitrogens is 2. The Bertz CT molecular complexity index is 317. The van der Waals surface area contributed by atoms with Crippen LogP contribution in [-0.2, 0) is 6.42 Å². The Morgan fingerprint density at radius 2 is 2.00 bits per heavy atom. The van der Waals surface area contributed by atoms with E-state index in [0.29, 0.717) is 0 Å². The highest BCUT2D eigenvalue weighted by Crippen LogP contribution is 2.19. The Morgan fingerprint density at radius 3 is 2.62 bits per heavy atom. The molecule has 0 aliphatic heterocycles. The second-order valence-electron chi connectivity index (χ2n) is 3.51. The number of hydrogen-bond donors (Lipinski definition) is 3. The van der Waals surface area contributed by atoms with Crippen molar-refractivity contribution >= 4 is 11.6 Å². The number of nitrogens with one attached hydrogen (secondary N) is 2. The zero-order chi connectivity index (χ0) is 11.8. The van der Waals surface area contributed by atoms with Crippen LogP contribution in [0.4, 0.5) is 11.6 Å². The molecule has 0 radical (unpaired) electrons.